The summed E-state index contributed by atoms with van der Waals surface area (Å²) in [6.07, 6.45) is 8.07. The number of rotatable bonds is 7. The molecule has 0 atom stereocenters. The predicted octanol–water partition coefficient (Wildman–Crippen LogP) is 5.34. The molecular weight excluding hydrogens is 398 g/mol. The third-order valence-corrected chi connectivity index (χ3v) is 5.94. The molecule has 1 heterocycles. The highest BCUT2D eigenvalue weighted by molar-refractivity contribution is 5.94. The number of fused-ring (bicyclic) bond motifs is 1. The monoisotopic (exact) mass is 429 g/mol. The topological polar surface area (TPSA) is 64.0 Å². The summed E-state index contributed by atoms with van der Waals surface area (Å²) in [6, 6.07) is 14.9. The Kier molecular flexibility index (Phi) is 6.84. The number of para-hydroxylation sites is 2. The summed E-state index contributed by atoms with van der Waals surface area (Å²) in [5.41, 5.74) is 4.72. The Hall–Kier alpha value is -3.21. The van der Waals surface area contributed by atoms with Gasteiger partial charge in [0.05, 0.1) is 11.0 Å². The Balaban J connectivity index is 1.53. The van der Waals surface area contributed by atoms with Crippen LogP contribution in [0.25, 0.3) is 22.3 Å². The van der Waals surface area contributed by atoms with E-state index in [0.717, 1.165) is 35.9 Å². The van der Waals surface area contributed by atoms with Gasteiger partial charge in [0.1, 0.15) is 5.69 Å². The lowest BCUT2D eigenvalue weighted by atomic mass is 9.97. The maximum Gasteiger partial charge on any atom is 0.277 e. The largest absolute Gasteiger partial charge is 0.352 e. The van der Waals surface area contributed by atoms with Crippen LogP contribution in [0.5, 0.6) is 0 Å². The molecule has 0 fully saturated rings. The molecule has 0 bridgehead atoms. The van der Waals surface area contributed by atoms with E-state index in [4.69, 9.17) is 0 Å². The molecule has 1 aliphatic rings. The second-order valence-electron chi connectivity index (χ2n) is 8.95. The number of allylic oxidation sites excluding steroid dienone is 1. The number of hydrogen-bond donors (Lipinski definition) is 1. The summed E-state index contributed by atoms with van der Waals surface area (Å²) in [6.45, 7) is 5.48. The normalized spacial score (nSPS) is 13.9. The zero-order valence-corrected chi connectivity index (χ0v) is 18.9. The lowest BCUT2D eigenvalue weighted by Crippen LogP contribution is -2.26. The smallest absolute Gasteiger partial charge is 0.277 e. The number of benzene rings is 2. The van der Waals surface area contributed by atoms with Crippen LogP contribution in [0.15, 0.2) is 65.0 Å². The fraction of sp³-hybridized carbons (Fsp3) is 0.370. The SMILES string of the molecule is CC(C)Cn1c(=O)c(-c2ccc(C(=O)NCCC3=CCCCC3)cc2)nc2ccccc21. The molecule has 4 rings (SSSR count). The lowest BCUT2D eigenvalue weighted by molar-refractivity contribution is 0.0954. The second kappa shape index (κ2) is 9.94. The quantitative estimate of drug-likeness (QED) is 0.516. The fourth-order valence-electron chi connectivity index (χ4n) is 4.28. The van der Waals surface area contributed by atoms with Crippen molar-refractivity contribution < 1.29 is 4.79 Å². The number of nitrogens with zero attached hydrogens (tertiary/aromatic N) is 2. The van der Waals surface area contributed by atoms with E-state index in [1.54, 1.807) is 12.1 Å². The molecule has 0 radical (unpaired) electrons. The predicted molar refractivity (Wildman–Crippen MR) is 130 cm³/mol. The first kappa shape index (κ1) is 22.0. The van der Waals surface area contributed by atoms with Gasteiger partial charge in [0.2, 0.25) is 0 Å². The summed E-state index contributed by atoms with van der Waals surface area (Å²) in [5.74, 6) is 0.249. The van der Waals surface area contributed by atoms with E-state index in [9.17, 15) is 9.59 Å². The van der Waals surface area contributed by atoms with Crippen molar-refractivity contribution in [3.8, 4) is 11.3 Å². The van der Waals surface area contributed by atoms with E-state index < -0.39 is 0 Å². The number of aromatic nitrogens is 2. The first-order valence-electron chi connectivity index (χ1n) is 11.6. The Morgan fingerprint density at radius 2 is 1.88 bits per heavy atom. The summed E-state index contributed by atoms with van der Waals surface area (Å²) in [4.78, 5) is 30.4. The van der Waals surface area contributed by atoms with Crippen LogP contribution in [0.2, 0.25) is 0 Å². The van der Waals surface area contributed by atoms with Crippen LogP contribution in [0.4, 0.5) is 0 Å². The first-order chi connectivity index (χ1) is 15.5. The molecule has 1 aromatic heterocycles. The highest BCUT2D eigenvalue weighted by Crippen LogP contribution is 2.21. The van der Waals surface area contributed by atoms with Crippen molar-refractivity contribution in [3.05, 3.63) is 76.1 Å². The van der Waals surface area contributed by atoms with Crippen LogP contribution in [-0.2, 0) is 6.54 Å². The van der Waals surface area contributed by atoms with Gasteiger partial charge in [-0.2, -0.15) is 0 Å². The minimum absolute atomic E-state index is 0.0864. The molecule has 0 aliphatic heterocycles. The molecule has 0 unspecified atom stereocenters. The molecule has 1 N–H and O–H groups in total. The number of carbonyl (C=O) groups is 1. The van der Waals surface area contributed by atoms with Gasteiger partial charge in [-0.3, -0.25) is 9.59 Å². The summed E-state index contributed by atoms with van der Waals surface area (Å²) in [7, 11) is 0. The van der Waals surface area contributed by atoms with Gasteiger partial charge in [-0.1, -0.05) is 49.8 Å². The number of amides is 1. The van der Waals surface area contributed by atoms with E-state index in [-0.39, 0.29) is 11.5 Å². The van der Waals surface area contributed by atoms with Gasteiger partial charge in [0, 0.05) is 24.2 Å². The third kappa shape index (κ3) is 4.98. The Morgan fingerprint density at radius 1 is 1.09 bits per heavy atom. The van der Waals surface area contributed by atoms with E-state index in [0.29, 0.717) is 30.3 Å². The van der Waals surface area contributed by atoms with Crippen molar-refractivity contribution in [2.45, 2.75) is 52.5 Å². The molecule has 5 heteroatoms. The van der Waals surface area contributed by atoms with Gasteiger partial charge in [-0.05, 0) is 62.3 Å². The van der Waals surface area contributed by atoms with E-state index in [1.165, 1.54) is 18.4 Å². The first-order valence-corrected chi connectivity index (χ1v) is 11.6. The fourth-order valence-corrected chi connectivity index (χ4v) is 4.28. The number of hydrogen-bond acceptors (Lipinski definition) is 3. The van der Waals surface area contributed by atoms with E-state index in [1.807, 2.05) is 41.0 Å². The van der Waals surface area contributed by atoms with Crippen LogP contribution in [-0.4, -0.2) is 22.0 Å². The van der Waals surface area contributed by atoms with Crippen molar-refractivity contribution in [2.24, 2.45) is 5.92 Å². The second-order valence-corrected chi connectivity index (χ2v) is 8.95. The average Bonchev–Trinajstić information content (AvgIpc) is 2.81. The Morgan fingerprint density at radius 3 is 2.59 bits per heavy atom. The minimum Gasteiger partial charge on any atom is -0.352 e. The molecule has 5 nitrogen and oxygen atoms in total. The molecule has 2 aromatic carbocycles. The number of nitrogens with one attached hydrogen (secondary N) is 1. The van der Waals surface area contributed by atoms with Crippen molar-refractivity contribution in [3.63, 3.8) is 0 Å². The van der Waals surface area contributed by atoms with Gasteiger partial charge in [-0.15, -0.1) is 0 Å². The van der Waals surface area contributed by atoms with Gasteiger partial charge in [0.25, 0.3) is 11.5 Å². The summed E-state index contributed by atoms with van der Waals surface area (Å²) >= 11 is 0. The van der Waals surface area contributed by atoms with Crippen LogP contribution in [0.1, 0.15) is 56.3 Å². The van der Waals surface area contributed by atoms with Crippen molar-refractivity contribution in [1.29, 1.82) is 0 Å². The minimum atomic E-state index is -0.102. The molecule has 1 aliphatic carbocycles. The summed E-state index contributed by atoms with van der Waals surface area (Å²) in [5, 5.41) is 3.01. The van der Waals surface area contributed by atoms with Gasteiger partial charge in [-0.25, -0.2) is 4.98 Å². The summed E-state index contributed by atoms with van der Waals surface area (Å²) < 4.78 is 1.81. The molecule has 32 heavy (non-hydrogen) atoms. The Labute approximate surface area is 189 Å². The molecule has 1 amide bonds. The van der Waals surface area contributed by atoms with Gasteiger partial charge >= 0.3 is 0 Å². The lowest BCUT2D eigenvalue weighted by Gasteiger charge is -2.14. The van der Waals surface area contributed by atoms with Gasteiger partial charge < -0.3 is 9.88 Å². The van der Waals surface area contributed by atoms with Crippen LogP contribution >= 0.6 is 0 Å². The average molecular weight is 430 g/mol. The molecule has 0 saturated carbocycles. The van der Waals surface area contributed by atoms with Crippen LogP contribution in [0.3, 0.4) is 0 Å². The zero-order valence-electron chi connectivity index (χ0n) is 18.9. The molecule has 3 aromatic rings. The third-order valence-electron chi connectivity index (χ3n) is 5.94. The highest BCUT2D eigenvalue weighted by Gasteiger charge is 2.14. The van der Waals surface area contributed by atoms with Crippen LogP contribution < -0.4 is 10.9 Å². The van der Waals surface area contributed by atoms with E-state index >= 15 is 0 Å². The van der Waals surface area contributed by atoms with Crippen LogP contribution in [0, 0.1) is 5.92 Å². The molecule has 0 spiro atoms. The molecule has 166 valence electrons. The van der Waals surface area contributed by atoms with Crippen molar-refractivity contribution in [1.82, 2.24) is 14.9 Å². The maximum atomic E-state index is 13.2. The Bertz CT molecular complexity index is 1190. The number of carbonyl (C=O) groups excluding carboxylic acids is 1. The highest BCUT2D eigenvalue weighted by atomic mass is 16.1. The molecule has 0 saturated heterocycles. The van der Waals surface area contributed by atoms with Gasteiger partial charge in [0.15, 0.2) is 0 Å². The maximum absolute atomic E-state index is 13.2. The standard InChI is InChI=1S/C27H31N3O2/c1-19(2)18-30-24-11-7-6-10-23(24)29-25(27(30)32)21-12-14-22(15-13-21)26(31)28-17-16-20-8-4-3-5-9-20/h6-8,10-15,19H,3-5,9,16-18H2,1-2H3,(H,28,31). The van der Waals surface area contributed by atoms with Crippen molar-refractivity contribution >= 4 is 16.9 Å². The zero-order chi connectivity index (χ0) is 22.5. The van der Waals surface area contributed by atoms with E-state index in [2.05, 4.69) is 30.2 Å². The van der Waals surface area contributed by atoms with Crippen molar-refractivity contribution in [2.75, 3.05) is 6.54 Å². The molecular formula is C27H31N3O2.